The van der Waals surface area contributed by atoms with Crippen LogP contribution in [0.4, 0.5) is 10.6 Å². The Balaban J connectivity index is 1.90. The summed E-state index contributed by atoms with van der Waals surface area (Å²) < 4.78 is 11.8. The second kappa shape index (κ2) is 12.6. The second-order valence-corrected chi connectivity index (χ2v) is 8.52. The van der Waals surface area contributed by atoms with Crippen LogP contribution in [0.25, 0.3) is 16.8 Å². The first-order chi connectivity index (χ1) is 17.7. The Morgan fingerprint density at radius 2 is 1.73 bits per heavy atom. The van der Waals surface area contributed by atoms with Gasteiger partial charge < -0.3 is 25.0 Å². The van der Waals surface area contributed by atoms with E-state index in [0.717, 1.165) is 22.5 Å². The van der Waals surface area contributed by atoms with Gasteiger partial charge in [0.15, 0.2) is 0 Å². The number of anilines is 1. The third-order valence-corrected chi connectivity index (χ3v) is 5.59. The van der Waals surface area contributed by atoms with Crippen LogP contribution < -0.4 is 15.4 Å². The molecule has 2 N–H and O–H groups in total. The molecule has 3 aromatic rings. The summed E-state index contributed by atoms with van der Waals surface area (Å²) in [6.45, 7) is 6.85. The van der Waals surface area contributed by atoms with Crippen molar-refractivity contribution in [2.45, 2.75) is 33.7 Å². The van der Waals surface area contributed by atoms with Gasteiger partial charge in [-0.25, -0.2) is 9.48 Å². The molecule has 37 heavy (non-hydrogen) atoms. The number of nitrogens with zero attached hydrogens (tertiary/aromatic N) is 3. The van der Waals surface area contributed by atoms with E-state index in [-0.39, 0.29) is 25.7 Å². The molecule has 0 radical (unpaired) electrons. The largest absolute Gasteiger partial charge is 0.497 e. The number of aromatic nitrogens is 2. The van der Waals surface area contributed by atoms with Crippen molar-refractivity contribution in [3.8, 4) is 22.6 Å². The summed E-state index contributed by atoms with van der Waals surface area (Å²) in [5, 5.41) is 10.2. The molecule has 0 fully saturated rings. The number of ether oxygens (including phenoxy) is 2. The Labute approximate surface area is 216 Å². The van der Waals surface area contributed by atoms with Crippen LogP contribution in [0, 0.1) is 6.92 Å². The lowest BCUT2D eigenvalue weighted by Gasteiger charge is -2.26. The van der Waals surface area contributed by atoms with Crippen LogP contribution in [0.2, 0.25) is 0 Å². The van der Waals surface area contributed by atoms with E-state index in [4.69, 9.17) is 14.6 Å². The molecule has 0 saturated carbocycles. The number of carbonyl (C=O) groups is 3. The minimum Gasteiger partial charge on any atom is -0.497 e. The van der Waals surface area contributed by atoms with Gasteiger partial charge in [0.25, 0.3) is 0 Å². The Hall–Kier alpha value is -4.34. The summed E-state index contributed by atoms with van der Waals surface area (Å²) in [7, 11) is 1.59. The molecule has 1 aromatic heterocycles. The van der Waals surface area contributed by atoms with E-state index in [1.54, 1.807) is 32.6 Å². The van der Waals surface area contributed by atoms with Crippen molar-refractivity contribution in [1.29, 1.82) is 0 Å². The van der Waals surface area contributed by atoms with E-state index in [1.807, 2.05) is 61.5 Å². The van der Waals surface area contributed by atoms with Crippen LogP contribution in [0.1, 0.15) is 26.5 Å². The van der Waals surface area contributed by atoms with Gasteiger partial charge in [0.1, 0.15) is 24.7 Å². The highest BCUT2D eigenvalue weighted by atomic mass is 16.5. The molecule has 0 atom stereocenters. The van der Waals surface area contributed by atoms with Gasteiger partial charge in [-0.15, -0.1) is 0 Å². The number of nitrogens with one attached hydrogen (secondary N) is 2. The zero-order valence-corrected chi connectivity index (χ0v) is 21.8. The average molecular weight is 508 g/mol. The minimum absolute atomic E-state index is 0.218. The standard InChI is InChI=1S/C27H33N5O5/c1-6-37-24(34)16-28-27(35)31(18(2)3)17-23(33)29-26-25(20-10-8-7-9-11-20)19(4)30-32(26)21-12-14-22(36-5)15-13-21/h7-15,18H,6,16-17H2,1-5H3,(H,28,35)(H,29,33). The van der Waals surface area contributed by atoms with Crippen molar-refractivity contribution in [3.63, 3.8) is 0 Å². The smallest absolute Gasteiger partial charge is 0.325 e. The molecule has 1 heterocycles. The average Bonchev–Trinajstić information content (AvgIpc) is 3.21. The number of urea groups is 1. The van der Waals surface area contributed by atoms with E-state index in [9.17, 15) is 14.4 Å². The van der Waals surface area contributed by atoms with E-state index in [0.29, 0.717) is 11.6 Å². The molecule has 0 aliphatic carbocycles. The summed E-state index contributed by atoms with van der Waals surface area (Å²) in [4.78, 5) is 39.0. The Morgan fingerprint density at radius 1 is 1.05 bits per heavy atom. The van der Waals surface area contributed by atoms with Crippen LogP contribution in [-0.2, 0) is 14.3 Å². The summed E-state index contributed by atoms with van der Waals surface area (Å²) in [5.41, 5.74) is 3.12. The lowest BCUT2D eigenvalue weighted by Crippen LogP contribution is -2.48. The van der Waals surface area contributed by atoms with Crippen molar-refractivity contribution in [2.24, 2.45) is 0 Å². The summed E-state index contributed by atoms with van der Waals surface area (Å²) in [6, 6.07) is 16.1. The van der Waals surface area contributed by atoms with E-state index < -0.39 is 17.9 Å². The Morgan fingerprint density at radius 3 is 2.32 bits per heavy atom. The number of amides is 3. The molecule has 3 amide bonds. The van der Waals surface area contributed by atoms with Gasteiger partial charge in [-0.3, -0.25) is 9.59 Å². The van der Waals surface area contributed by atoms with E-state index in [2.05, 4.69) is 10.6 Å². The molecule has 0 spiro atoms. The van der Waals surface area contributed by atoms with Crippen molar-refractivity contribution >= 4 is 23.7 Å². The number of aryl methyl sites for hydroxylation is 1. The van der Waals surface area contributed by atoms with Gasteiger partial charge in [-0.1, -0.05) is 30.3 Å². The predicted molar refractivity (Wildman–Crippen MR) is 141 cm³/mol. The highest BCUT2D eigenvalue weighted by Gasteiger charge is 2.24. The zero-order chi connectivity index (χ0) is 26.9. The van der Waals surface area contributed by atoms with E-state index in [1.165, 1.54) is 4.90 Å². The lowest BCUT2D eigenvalue weighted by atomic mass is 10.1. The fourth-order valence-corrected chi connectivity index (χ4v) is 3.78. The maximum absolute atomic E-state index is 13.3. The molecule has 196 valence electrons. The Bertz CT molecular complexity index is 1220. The van der Waals surface area contributed by atoms with Crippen molar-refractivity contribution < 1.29 is 23.9 Å². The van der Waals surface area contributed by atoms with Gasteiger partial charge in [0.05, 0.1) is 25.1 Å². The number of esters is 1. The topological polar surface area (TPSA) is 115 Å². The van der Waals surface area contributed by atoms with Gasteiger partial charge in [0.2, 0.25) is 5.91 Å². The molecule has 3 rings (SSSR count). The van der Waals surface area contributed by atoms with Crippen molar-refractivity contribution in [2.75, 3.05) is 32.1 Å². The van der Waals surface area contributed by atoms with Crippen molar-refractivity contribution in [3.05, 3.63) is 60.3 Å². The normalized spacial score (nSPS) is 10.6. The molecule has 0 saturated heterocycles. The number of benzene rings is 2. The number of methoxy groups -OCH3 is 1. The Kier molecular flexibility index (Phi) is 9.26. The number of rotatable bonds is 10. The van der Waals surface area contributed by atoms with Crippen LogP contribution in [0.15, 0.2) is 54.6 Å². The number of hydrogen-bond acceptors (Lipinski definition) is 6. The molecule has 10 heteroatoms. The van der Waals surface area contributed by atoms with Crippen LogP contribution in [-0.4, -0.2) is 65.4 Å². The first-order valence-corrected chi connectivity index (χ1v) is 12.0. The molecular weight excluding hydrogens is 474 g/mol. The zero-order valence-electron chi connectivity index (χ0n) is 21.8. The molecule has 0 aliphatic rings. The fraction of sp³-hybridized carbons (Fsp3) is 0.333. The van der Waals surface area contributed by atoms with Gasteiger partial charge in [-0.05, 0) is 57.5 Å². The molecule has 10 nitrogen and oxygen atoms in total. The lowest BCUT2D eigenvalue weighted by molar-refractivity contribution is -0.141. The monoisotopic (exact) mass is 507 g/mol. The predicted octanol–water partition coefficient (Wildman–Crippen LogP) is 3.78. The third kappa shape index (κ3) is 6.87. The molecule has 0 unspecified atom stereocenters. The molecule has 0 bridgehead atoms. The second-order valence-electron chi connectivity index (χ2n) is 8.52. The number of hydrogen-bond donors (Lipinski definition) is 2. The van der Waals surface area contributed by atoms with Crippen LogP contribution in [0.5, 0.6) is 5.75 Å². The molecule has 2 aromatic carbocycles. The van der Waals surface area contributed by atoms with Gasteiger partial charge >= 0.3 is 12.0 Å². The summed E-state index contributed by atoms with van der Waals surface area (Å²) in [6.07, 6.45) is 0. The van der Waals surface area contributed by atoms with Gasteiger partial charge in [-0.2, -0.15) is 5.10 Å². The summed E-state index contributed by atoms with van der Waals surface area (Å²) in [5.74, 6) is 0.222. The third-order valence-electron chi connectivity index (χ3n) is 5.59. The highest BCUT2D eigenvalue weighted by Crippen LogP contribution is 2.33. The summed E-state index contributed by atoms with van der Waals surface area (Å²) >= 11 is 0. The van der Waals surface area contributed by atoms with E-state index >= 15 is 0 Å². The molecule has 0 aliphatic heterocycles. The first-order valence-electron chi connectivity index (χ1n) is 12.0. The van der Waals surface area contributed by atoms with Crippen molar-refractivity contribution in [1.82, 2.24) is 20.0 Å². The number of carbonyl (C=O) groups excluding carboxylic acids is 3. The molecular formula is C27H33N5O5. The SMILES string of the molecule is CCOC(=O)CNC(=O)N(CC(=O)Nc1c(-c2ccccc2)c(C)nn1-c1ccc(OC)cc1)C(C)C. The van der Waals surface area contributed by atoms with Crippen LogP contribution >= 0.6 is 0 Å². The first kappa shape index (κ1) is 27.3. The maximum Gasteiger partial charge on any atom is 0.325 e. The van der Waals surface area contributed by atoms with Crippen LogP contribution in [0.3, 0.4) is 0 Å². The minimum atomic E-state index is -0.546. The fourth-order valence-electron chi connectivity index (χ4n) is 3.78. The maximum atomic E-state index is 13.3. The van der Waals surface area contributed by atoms with Gasteiger partial charge in [0, 0.05) is 11.6 Å². The quantitative estimate of drug-likeness (QED) is 0.404. The highest BCUT2D eigenvalue weighted by molar-refractivity contribution is 5.98.